The smallest absolute Gasteiger partial charge is 0.164 e. The molecule has 0 aliphatic carbocycles. The first-order chi connectivity index (χ1) is 7.65. The van der Waals surface area contributed by atoms with Gasteiger partial charge in [-0.05, 0) is 24.0 Å². The minimum absolute atomic E-state index is 0.175. The van der Waals surface area contributed by atoms with E-state index in [4.69, 9.17) is 0 Å². The lowest BCUT2D eigenvalue weighted by molar-refractivity contribution is -0.312. The molecule has 0 radical (unpaired) electrons. The monoisotopic (exact) mass is 223 g/mol. The van der Waals surface area contributed by atoms with Gasteiger partial charge in [0.1, 0.15) is 0 Å². The summed E-state index contributed by atoms with van der Waals surface area (Å²) in [5.74, 6) is -1.68. The Hall–Kier alpha value is -1.38. The van der Waals surface area contributed by atoms with Gasteiger partial charge in [-0.2, -0.15) is 0 Å². The number of benzene rings is 1. The number of carbonyl (C=O) groups is 1. The summed E-state index contributed by atoms with van der Waals surface area (Å²) in [7, 11) is 0. The van der Waals surface area contributed by atoms with Crippen molar-refractivity contribution in [2.24, 2.45) is 0 Å². The maximum atomic E-state index is 13.2. The SMILES string of the molecule is CCCCCc1cccc(C(F)C(=O)[O-])c1. The number of aliphatic carboxylic acids is 1. The highest BCUT2D eigenvalue weighted by Gasteiger charge is 2.10. The average molecular weight is 223 g/mol. The van der Waals surface area contributed by atoms with Gasteiger partial charge in [0, 0.05) is 0 Å². The third-order valence-electron chi connectivity index (χ3n) is 2.52. The summed E-state index contributed by atoms with van der Waals surface area (Å²) in [6, 6.07) is 6.66. The van der Waals surface area contributed by atoms with Crippen molar-refractivity contribution in [3.8, 4) is 0 Å². The summed E-state index contributed by atoms with van der Waals surface area (Å²) in [5, 5.41) is 10.4. The predicted molar refractivity (Wildman–Crippen MR) is 58.5 cm³/mol. The average Bonchev–Trinajstić information content (AvgIpc) is 2.29. The fourth-order valence-electron chi connectivity index (χ4n) is 1.62. The van der Waals surface area contributed by atoms with Gasteiger partial charge in [0.25, 0.3) is 0 Å². The van der Waals surface area contributed by atoms with Crippen molar-refractivity contribution in [1.82, 2.24) is 0 Å². The topological polar surface area (TPSA) is 40.1 Å². The van der Waals surface area contributed by atoms with E-state index in [9.17, 15) is 14.3 Å². The Bertz CT molecular complexity index is 350. The van der Waals surface area contributed by atoms with Crippen LogP contribution in [0.4, 0.5) is 4.39 Å². The number of aryl methyl sites for hydroxylation is 1. The van der Waals surface area contributed by atoms with Crippen LogP contribution in [0, 0.1) is 0 Å². The van der Waals surface area contributed by atoms with Crippen LogP contribution in [0.15, 0.2) is 24.3 Å². The highest BCUT2D eigenvalue weighted by atomic mass is 19.1. The third-order valence-corrected chi connectivity index (χ3v) is 2.52. The highest BCUT2D eigenvalue weighted by molar-refractivity contribution is 5.72. The lowest BCUT2D eigenvalue weighted by atomic mass is 10.0. The number of unbranched alkanes of at least 4 members (excludes halogenated alkanes) is 2. The fourth-order valence-corrected chi connectivity index (χ4v) is 1.62. The summed E-state index contributed by atoms with van der Waals surface area (Å²) < 4.78 is 13.2. The summed E-state index contributed by atoms with van der Waals surface area (Å²) >= 11 is 0. The molecule has 1 aromatic carbocycles. The molecular weight excluding hydrogens is 207 g/mol. The van der Waals surface area contributed by atoms with E-state index in [1.807, 2.05) is 6.07 Å². The normalized spacial score (nSPS) is 12.4. The van der Waals surface area contributed by atoms with Crippen molar-refractivity contribution in [2.45, 2.75) is 38.8 Å². The zero-order chi connectivity index (χ0) is 12.0. The molecule has 0 heterocycles. The van der Waals surface area contributed by atoms with Gasteiger partial charge < -0.3 is 9.90 Å². The Morgan fingerprint density at radius 1 is 1.44 bits per heavy atom. The summed E-state index contributed by atoms with van der Waals surface area (Å²) in [6.45, 7) is 2.12. The zero-order valence-electron chi connectivity index (χ0n) is 9.41. The molecule has 0 saturated heterocycles. The number of hydrogen-bond donors (Lipinski definition) is 0. The van der Waals surface area contributed by atoms with Crippen molar-refractivity contribution in [1.29, 1.82) is 0 Å². The van der Waals surface area contributed by atoms with Crippen LogP contribution in [0.2, 0.25) is 0 Å². The fraction of sp³-hybridized carbons (Fsp3) is 0.462. The van der Waals surface area contributed by atoms with E-state index >= 15 is 0 Å². The first-order valence-electron chi connectivity index (χ1n) is 5.59. The maximum Gasteiger partial charge on any atom is 0.164 e. The Morgan fingerprint density at radius 2 is 2.19 bits per heavy atom. The predicted octanol–water partition coefficient (Wildman–Crippen LogP) is 2.18. The minimum Gasteiger partial charge on any atom is -0.547 e. The standard InChI is InChI=1S/C13H17FO2/c1-2-3-4-6-10-7-5-8-11(9-10)12(14)13(15)16/h5,7-9,12H,2-4,6H2,1H3,(H,15,16)/p-1. The number of halogens is 1. The van der Waals surface area contributed by atoms with E-state index < -0.39 is 12.1 Å². The second kappa shape index (κ2) is 6.26. The van der Waals surface area contributed by atoms with Crippen LogP contribution >= 0.6 is 0 Å². The van der Waals surface area contributed by atoms with Crippen LogP contribution in [0.1, 0.15) is 43.5 Å². The Kier molecular flexibility index (Phi) is 4.96. The minimum atomic E-state index is -2.02. The molecule has 1 atom stereocenters. The lowest BCUT2D eigenvalue weighted by Crippen LogP contribution is -2.27. The van der Waals surface area contributed by atoms with Gasteiger partial charge in [-0.15, -0.1) is 0 Å². The van der Waals surface area contributed by atoms with Gasteiger partial charge in [0.15, 0.2) is 6.17 Å². The largest absolute Gasteiger partial charge is 0.547 e. The molecule has 3 heteroatoms. The number of carboxylic acid groups (broad SMARTS) is 1. The van der Waals surface area contributed by atoms with Crippen molar-refractivity contribution in [3.05, 3.63) is 35.4 Å². The second-order valence-corrected chi connectivity index (χ2v) is 3.88. The molecule has 0 aliphatic heterocycles. The first-order valence-corrected chi connectivity index (χ1v) is 5.59. The van der Waals surface area contributed by atoms with E-state index in [0.29, 0.717) is 0 Å². The van der Waals surface area contributed by atoms with E-state index in [1.165, 1.54) is 6.07 Å². The van der Waals surface area contributed by atoms with E-state index in [2.05, 4.69) is 6.92 Å². The van der Waals surface area contributed by atoms with Crippen LogP contribution in [0.3, 0.4) is 0 Å². The van der Waals surface area contributed by atoms with Gasteiger partial charge in [0.2, 0.25) is 0 Å². The van der Waals surface area contributed by atoms with Gasteiger partial charge in [-0.1, -0.05) is 44.0 Å². The molecule has 1 unspecified atom stereocenters. The second-order valence-electron chi connectivity index (χ2n) is 3.88. The number of hydrogen-bond acceptors (Lipinski definition) is 2. The van der Waals surface area contributed by atoms with Gasteiger partial charge in [0.05, 0.1) is 5.97 Å². The van der Waals surface area contributed by atoms with Crippen LogP contribution in [-0.2, 0) is 11.2 Å². The number of carboxylic acids is 1. The molecule has 0 spiro atoms. The van der Waals surface area contributed by atoms with E-state index in [1.54, 1.807) is 12.1 Å². The van der Waals surface area contributed by atoms with Crippen LogP contribution < -0.4 is 5.11 Å². The van der Waals surface area contributed by atoms with E-state index in [0.717, 1.165) is 31.2 Å². The van der Waals surface area contributed by atoms with Gasteiger partial charge in [-0.3, -0.25) is 0 Å². The number of carbonyl (C=O) groups excluding carboxylic acids is 1. The molecule has 0 bridgehead atoms. The van der Waals surface area contributed by atoms with Crippen molar-refractivity contribution in [2.75, 3.05) is 0 Å². The molecule has 0 fully saturated rings. The van der Waals surface area contributed by atoms with Crippen molar-refractivity contribution in [3.63, 3.8) is 0 Å². The quantitative estimate of drug-likeness (QED) is 0.693. The molecule has 16 heavy (non-hydrogen) atoms. The first kappa shape index (κ1) is 12.7. The maximum absolute atomic E-state index is 13.2. The molecule has 0 saturated carbocycles. The molecule has 0 N–H and O–H groups in total. The molecule has 0 aromatic heterocycles. The Labute approximate surface area is 95.1 Å². The Morgan fingerprint density at radius 3 is 2.81 bits per heavy atom. The van der Waals surface area contributed by atoms with E-state index in [-0.39, 0.29) is 5.56 Å². The lowest BCUT2D eigenvalue weighted by Gasteiger charge is -2.10. The third kappa shape index (κ3) is 3.65. The molecule has 1 aromatic rings. The summed E-state index contributed by atoms with van der Waals surface area (Å²) in [5.41, 5.74) is 1.16. The molecule has 1 rings (SSSR count). The summed E-state index contributed by atoms with van der Waals surface area (Å²) in [4.78, 5) is 10.4. The van der Waals surface area contributed by atoms with Crippen LogP contribution in [0.5, 0.6) is 0 Å². The zero-order valence-corrected chi connectivity index (χ0v) is 9.41. The molecule has 0 aliphatic rings. The number of alkyl halides is 1. The van der Waals surface area contributed by atoms with Gasteiger partial charge in [-0.25, -0.2) is 4.39 Å². The molecule has 2 nitrogen and oxygen atoms in total. The number of rotatable bonds is 6. The molecular formula is C13H16FO2-. The highest BCUT2D eigenvalue weighted by Crippen LogP contribution is 2.18. The van der Waals surface area contributed by atoms with Crippen LogP contribution in [0.25, 0.3) is 0 Å². The summed E-state index contributed by atoms with van der Waals surface area (Å²) in [6.07, 6.45) is 2.14. The molecule has 88 valence electrons. The molecule has 0 amide bonds. The van der Waals surface area contributed by atoms with Crippen LogP contribution in [-0.4, -0.2) is 5.97 Å². The van der Waals surface area contributed by atoms with Gasteiger partial charge >= 0.3 is 0 Å². The van der Waals surface area contributed by atoms with Crippen molar-refractivity contribution >= 4 is 5.97 Å². The van der Waals surface area contributed by atoms with Crippen molar-refractivity contribution < 1.29 is 14.3 Å². The Balaban J connectivity index is 2.67.